The van der Waals surface area contributed by atoms with E-state index in [2.05, 4.69) is 0 Å². The zero-order chi connectivity index (χ0) is 38.3. The summed E-state index contributed by atoms with van der Waals surface area (Å²) < 4.78 is 10.3. The second-order valence-electron chi connectivity index (χ2n) is 11.1. The highest BCUT2D eigenvalue weighted by Gasteiger charge is 2.29. The van der Waals surface area contributed by atoms with Crippen molar-refractivity contribution in [1.82, 2.24) is 0 Å². The number of hydrogen-bond donors (Lipinski definition) is 10. The van der Waals surface area contributed by atoms with Crippen molar-refractivity contribution in [3.05, 3.63) is 101 Å². The van der Waals surface area contributed by atoms with Gasteiger partial charge in [-0.2, -0.15) is 0 Å². The number of carbonyl (C=O) groups is 4. The first-order chi connectivity index (χ1) is 24.5. The number of benzene rings is 4. The van der Waals surface area contributed by atoms with E-state index in [1.165, 1.54) is 18.2 Å². The second kappa shape index (κ2) is 15.9. The van der Waals surface area contributed by atoms with Gasteiger partial charge >= 0.3 is 23.9 Å². The van der Waals surface area contributed by atoms with Crippen LogP contribution in [0.15, 0.2) is 72.8 Å². The molecule has 4 aromatic rings. The van der Waals surface area contributed by atoms with E-state index in [4.69, 9.17) is 9.47 Å². The minimum absolute atomic E-state index is 0.000712. The number of rotatable bonds is 13. The number of carboxylic acids is 2. The Morgan fingerprint density at radius 3 is 1.56 bits per heavy atom. The first kappa shape index (κ1) is 37.5. The molecule has 4 aromatic carbocycles. The van der Waals surface area contributed by atoms with E-state index in [1.807, 2.05) is 0 Å². The largest absolute Gasteiger partial charge is 0.504 e. The predicted molar refractivity (Wildman–Crippen MR) is 178 cm³/mol. The Hall–Kier alpha value is -7.36. The van der Waals surface area contributed by atoms with Crippen LogP contribution < -0.4 is 0 Å². The van der Waals surface area contributed by atoms with Crippen molar-refractivity contribution in [2.24, 2.45) is 0 Å². The van der Waals surface area contributed by atoms with Gasteiger partial charge in [0.15, 0.2) is 46.0 Å². The van der Waals surface area contributed by atoms with Crippen LogP contribution in [-0.2, 0) is 41.5 Å². The van der Waals surface area contributed by atoms with Crippen molar-refractivity contribution < 1.29 is 79.7 Å². The van der Waals surface area contributed by atoms with E-state index < -0.39 is 106 Å². The summed E-state index contributed by atoms with van der Waals surface area (Å²) in [7, 11) is 0. The minimum Gasteiger partial charge on any atom is -0.504 e. The fraction of sp³-hybridized carbons (Fsp3) is 0.111. The molecule has 0 saturated carbocycles. The molecule has 0 aromatic heterocycles. The number of ether oxygens (including phenoxy) is 2. The van der Waals surface area contributed by atoms with Crippen LogP contribution in [0.4, 0.5) is 0 Å². The lowest BCUT2D eigenvalue weighted by atomic mass is 9.95. The zero-order valence-electron chi connectivity index (χ0n) is 26.6. The minimum atomic E-state index is -1.93. The van der Waals surface area contributed by atoms with Crippen LogP contribution in [0.3, 0.4) is 0 Å². The highest BCUT2D eigenvalue weighted by atomic mass is 16.6. The summed E-state index contributed by atoms with van der Waals surface area (Å²) in [6.45, 7) is 0. The van der Waals surface area contributed by atoms with Gasteiger partial charge in [0, 0.05) is 24.5 Å². The molecule has 16 heteroatoms. The number of hydrogen-bond acceptors (Lipinski definition) is 14. The molecule has 0 aliphatic carbocycles. The smallest absolute Gasteiger partial charge is 0.345 e. The van der Waals surface area contributed by atoms with Crippen molar-refractivity contribution in [2.75, 3.05) is 0 Å². The number of esters is 2. The summed E-state index contributed by atoms with van der Waals surface area (Å²) in [6, 6.07) is 12.3. The number of aliphatic carboxylic acids is 2. The number of aromatic hydroxyl groups is 8. The zero-order valence-corrected chi connectivity index (χ0v) is 26.6. The molecule has 0 spiro atoms. The molecule has 270 valence electrons. The molecule has 0 amide bonds. The van der Waals surface area contributed by atoms with Crippen molar-refractivity contribution in [2.45, 2.75) is 25.0 Å². The average molecular weight is 719 g/mol. The molecule has 0 saturated heterocycles. The summed E-state index contributed by atoms with van der Waals surface area (Å²) >= 11 is 0. The average Bonchev–Trinajstić information content (AvgIpc) is 3.08. The molecule has 4 rings (SSSR count). The third-order valence-electron chi connectivity index (χ3n) is 7.37. The molecular weight excluding hydrogens is 688 g/mol. The van der Waals surface area contributed by atoms with E-state index in [0.29, 0.717) is 0 Å². The molecular formula is C36H30O16. The molecule has 0 aliphatic rings. The quantitative estimate of drug-likeness (QED) is 0.0410. The maximum Gasteiger partial charge on any atom is 0.345 e. The van der Waals surface area contributed by atoms with E-state index >= 15 is 0 Å². The van der Waals surface area contributed by atoms with E-state index in [-0.39, 0.29) is 22.3 Å². The fourth-order valence-corrected chi connectivity index (χ4v) is 4.76. The Kier molecular flexibility index (Phi) is 11.5. The van der Waals surface area contributed by atoms with Crippen molar-refractivity contribution in [3.8, 4) is 46.0 Å². The van der Waals surface area contributed by atoms with Crippen molar-refractivity contribution in [3.63, 3.8) is 0 Å². The van der Waals surface area contributed by atoms with Gasteiger partial charge in [-0.3, -0.25) is 0 Å². The SMILES string of the molecule is O=C(/C=C/c1ccc(O)c(O)c1/C(=C/c1ccc(O)c(O)c1)C(=O)O[C@H](Cc1ccc(O)c(O)c1)C(=O)O)O[C@@H](Cc1ccc(O)c(O)c1)C(=O)O. The van der Waals surface area contributed by atoms with Crippen molar-refractivity contribution >= 4 is 41.6 Å². The van der Waals surface area contributed by atoms with Crippen molar-refractivity contribution in [1.29, 1.82) is 0 Å². The number of carbonyl (C=O) groups excluding carboxylic acids is 2. The van der Waals surface area contributed by atoms with Crippen LogP contribution in [0.5, 0.6) is 46.0 Å². The topological polar surface area (TPSA) is 289 Å². The van der Waals surface area contributed by atoms with Crippen LogP contribution in [0.2, 0.25) is 0 Å². The van der Waals surface area contributed by atoms with E-state index in [9.17, 15) is 70.2 Å². The third kappa shape index (κ3) is 9.20. The van der Waals surface area contributed by atoms with Crippen LogP contribution in [-0.4, -0.2) is 87.2 Å². The molecule has 0 aliphatic heterocycles. The molecule has 0 heterocycles. The van der Waals surface area contributed by atoms with E-state index in [0.717, 1.165) is 66.8 Å². The molecule has 52 heavy (non-hydrogen) atoms. The summed E-state index contributed by atoms with van der Waals surface area (Å²) in [4.78, 5) is 50.5. The molecule has 0 unspecified atom stereocenters. The monoisotopic (exact) mass is 718 g/mol. The van der Waals surface area contributed by atoms with Gasteiger partial charge in [-0.15, -0.1) is 0 Å². The molecule has 10 N–H and O–H groups in total. The highest BCUT2D eigenvalue weighted by molar-refractivity contribution is 6.24. The summed E-state index contributed by atoms with van der Waals surface area (Å²) in [5.41, 5.74) is -1.03. The lowest BCUT2D eigenvalue weighted by molar-refractivity contribution is -0.160. The molecule has 0 bridgehead atoms. The van der Waals surface area contributed by atoms with E-state index in [1.54, 1.807) is 0 Å². The Bertz CT molecular complexity index is 2100. The Balaban J connectivity index is 1.73. The maximum atomic E-state index is 13.8. The first-order valence-electron chi connectivity index (χ1n) is 14.9. The van der Waals surface area contributed by atoms with Crippen LogP contribution in [0.1, 0.15) is 27.8 Å². The molecule has 0 radical (unpaired) electrons. The van der Waals surface area contributed by atoms with Gasteiger partial charge in [0.2, 0.25) is 12.2 Å². The Morgan fingerprint density at radius 2 is 1.06 bits per heavy atom. The highest BCUT2D eigenvalue weighted by Crippen LogP contribution is 2.39. The predicted octanol–water partition coefficient (Wildman–Crippen LogP) is 3.36. The molecule has 2 atom stereocenters. The van der Waals surface area contributed by atoms with Gasteiger partial charge in [0.05, 0.1) is 5.57 Å². The van der Waals surface area contributed by atoms with Gasteiger partial charge in [0.1, 0.15) is 0 Å². The third-order valence-corrected chi connectivity index (χ3v) is 7.37. The van der Waals surface area contributed by atoms with Crippen LogP contribution in [0, 0.1) is 0 Å². The fourth-order valence-electron chi connectivity index (χ4n) is 4.76. The van der Waals surface area contributed by atoms with Crippen LogP contribution in [0.25, 0.3) is 17.7 Å². The number of phenolic OH excluding ortho intramolecular Hbond substituents is 8. The summed E-state index contributed by atoms with van der Waals surface area (Å²) in [5, 5.41) is 99.3. The lowest BCUT2D eigenvalue weighted by Crippen LogP contribution is -2.29. The standard InChI is InChI=1S/C36H30O16/c37-22-6-1-17(12-26(22)41)11-21(36(50)52-30(35(48)49)16-19-3-8-24(39)28(43)14-19)32-20(4-9-25(40)33(32)45)5-10-31(44)51-29(34(46)47)15-18-2-7-23(38)27(42)13-18/h1-14,29-30,37-43,45H,15-16H2,(H,46,47)(H,48,49)/b10-5+,21-11-/t29-,30+/m0/s1. The van der Waals surface area contributed by atoms with Gasteiger partial charge in [-0.05, 0) is 76.9 Å². The normalized spacial score (nSPS) is 12.6. The summed E-state index contributed by atoms with van der Waals surface area (Å²) in [5.74, 6) is -10.8. The summed E-state index contributed by atoms with van der Waals surface area (Å²) in [6.07, 6.45) is -1.92. The second-order valence-corrected chi connectivity index (χ2v) is 11.1. The van der Waals surface area contributed by atoms with Gasteiger partial charge in [-0.1, -0.05) is 24.3 Å². The first-order valence-corrected chi connectivity index (χ1v) is 14.9. The van der Waals surface area contributed by atoms with Gasteiger partial charge in [-0.25, -0.2) is 19.2 Å². The number of carboxylic acid groups (broad SMARTS) is 2. The van der Waals surface area contributed by atoms with Crippen LogP contribution >= 0.6 is 0 Å². The lowest BCUT2D eigenvalue weighted by Gasteiger charge is -2.18. The number of phenols is 8. The maximum absolute atomic E-state index is 13.8. The molecule has 0 fully saturated rings. The van der Waals surface area contributed by atoms with Gasteiger partial charge < -0.3 is 60.5 Å². The Morgan fingerprint density at radius 1 is 0.577 bits per heavy atom. The van der Waals surface area contributed by atoms with Gasteiger partial charge in [0.25, 0.3) is 0 Å². The molecule has 16 nitrogen and oxygen atoms in total. The Labute approximate surface area is 292 Å².